The Morgan fingerprint density at radius 1 is 1.15 bits per heavy atom. The van der Waals surface area contributed by atoms with Crippen LogP contribution in [0.5, 0.6) is 5.75 Å². The largest absolute Gasteiger partial charge is 0.490 e. The van der Waals surface area contributed by atoms with Gasteiger partial charge in [0.25, 0.3) is 0 Å². The van der Waals surface area contributed by atoms with Crippen LogP contribution >= 0.6 is 22.6 Å². The molecule has 2 rings (SSSR count). The van der Waals surface area contributed by atoms with Crippen LogP contribution in [-0.2, 0) is 0 Å². The van der Waals surface area contributed by atoms with E-state index < -0.39 is 6.10 Å². The van der Waals surface area contributed by atoms with Crippen LogP contribution in [0.15, 0.2) is 36.4 Å². The van der Waals surface area contributed by atoms with Crippen LogP contribution in [0.2, 0.25) is 0 Å². The third kappa shape index (κ3) is 4.07. The van der Waals surface area contributed by atoms with Gasteiger partial charge in [0.05, 0.1) is 0 Å². The first-order valence-electron chi connectivity index (χ1n) is 6.79. The van der Waals surface area contributed by atoms with Gasteiger partial charge >= 0.3 is 0 Å². The van der Waals surface area contributed by atoms with Crippen molar-refractivity contribution in [2.45, 2.75) is 26.0 Å². The number of aliphatic hydroxyl groups excluding tert-OH is 1. The number of nitrogens with one attached hydrogen (secondary N) is 1. The van der Waals surface area contributed by atoms with Crippen molar-refractivity contribution in [3.05, 3.63) is 40.0 Å². The summed E-state index contributed by atoms with van der Waals surface area (Å²) in [5.74, 6) is 0.824. The molecule has 0 spiro atoms. The maximum atomic E-state index is 9.90. The zero-order valence-corrected chi connectivity index (χ0v) is 13.9. The molecule has 1 atom stereocenters. The Kier molecular flexibility index (Phi) is 5.63. The second-order valence-corrected chi connectivity index (χ2v) is 6.28. The fourth-order valence-corrected chi connectivity index (χ4v) is 2.63. The van der Waals surface area contributed by atoms with Gasteiger partial charge < -0.3 is 15.2 Å². The topological polar surface area (TPSA) is 41.5 Å². The van der Waals surface area contributed by atoms with Gasteiger partial charge in [0.15, 0.2) is 0 Å². The molecule has 0 bridgehead atoms. The molecular weight excluding hydrogens is 365 g/mol. The molecule has 2 N–H and O–H groups in total. The van der Waals surface area contributed by atoms with Gasteiger partial charge in [-0.05, 0) is 40.1 Å². The van der Waals surface area contributed by atoms with Gasteiger partial charge in [-0.2, -0.15) is 0 Å². The van der Waals surface area contributed by atoms with E-state index in [4.69, 9.17) is 4.74 Å². The molecule has 0 heterocycles. The standard InChI is InChI=1S/C16H20INO2/c1-11(2)18-9-12(19)10-20-16-8-7-15(17)13-5-3-4-6-14(13)16/h3-8,11-12,18-19H,9-10H2,1-2H3/t12-/m0/s1. The summed E-state index contributed by atoms with van der Waals surface area (Å²) in [6.45, 7) is 4.95. The molecule has 3 nitrogen and oxygen atoms in total. The summed E-state index contributed by atoms with van der Waals surface area (Å²) in [5.41, 5.74) is 0. The smallest absolute Gasteiger partial charge is 0.127 e. The molecule has 0 aliphatic rings. The lowest BCUT2D eigenvalue weighted by molar-refractivity contribution is 0.105. The summed E-state index contributed by atoms with van der Waals surface area (Å²) in [4.78, 5) is 0. The molecule has 0 radical (unpaired) electrons. The highest BCUT2D eigenvalue weighted by Crippen LogP contribution is 2.29. The molecule has 20 heavy (non-hydrogen) atoms. The first-order chi connectivity index (χ1) is 9.58. The number of halogens is 1. The van der Waals surface area contributed by atoms with Crippen molar-refractivity contribution in [2.75, 3.05) is 13.2 Å². The Morgan fingerprint density at radius 2 is 1.85 bits per heavy atom. The van der Waals surface area contributed by atoms with E-state index in [-0.39, 0.29) is 0 Å². The van der Waals surface area contributed by atoms with Crippen LogP contribution < -0.4 is 10.1 Å². The number of fused-ring (bicyclic) bond motifs is 1. The summed E-state index contributed by atoms with van der Waals surface area (Å²) in [6, 6.07) is 12.5. The van der Waals surface area contributed by atoms with Gasteiger partial charge in [-0.3, -0.25) is 0 Å². The molecule has 2 aromatic rings. The summed E-state index contributed by atoms with van der Waals surface area (Å²) in [5, 5.41) is 15.4. The molecule has 0 aliphatic carbocycles. The van der Waals surface area contributed by atoms with Crippen molar-refractivity contribution in [1.29, 1.82) is 0 Å². The lowest BCUT2D eigenvalue weighted by Gasteiger charge is -2.16. The van der Waals surface area contributed by atoms with E-state index in [1.807, 2.05) is 30.3 Å². The Morgan fingerprint density at radius 3 is 2.55 bits per heavy atom. The zero-order chi connectivity index (χ0) is 14.5. The third-order valence-electron chi connectivity index (χ3n) is 3.02. The molecule has 0 aromatic heterocycles. The summed E-state index contributed by atoms with van der Waals surface area (Å²) in [6.07, 6.45) is -0.504. The summed E-state index contributed by atoms with van der Waals surface area (Å²) in [7, 11) is 0. The predicted octanol–water partition coefficient (Wildman–Crippen LogP) is 3.18. The van der Waals surface area contributed by atoms with E-state index in [9.17, 15) is 5.11 Å². The minimum Gasteiger partial charge on any atom is -0.490 e. The molecular formula is C16H20INO2. The predicted molar refractivity (Wildman–Crippen MR) is 91.3 cm³/mol. The Balaban J connectivity index is 2.05. The van der Waals surface area contributed by atoms with E-state index in [1.165, 1.54) is 8.96 Å². The van der Waals surface area contributed by atoms with Gasteiger partial charge in [0.2, 0.25) is 0 Å². The van der Waals surface area contributed by atoms with Crippen molar-refractivity contribution >= 4 is 33.4 Å². The number of benzene rings is 2. The van der Waals surface area contributed by atoms with E-state index in [2.05, 4.69) is 47.8 Å². The quantitative estimate of drug-likeness (QED) is 0.751. The highest BCUT2D eigenvalue weighted by atomic mass is 127. The van der Waals surface area contributed by atoms with Gasteiger partial charge in [-0.25, -0.2) is 0 Å². The van der Waals surface area contributed by atoms with E-state index in [1.54, 1.807) is 0 Å². The van der Waals surface area contributed by atoms with Crippen LogP contribution in [0.1, 0.15) is 13.8 Å². The maximum Gasteiger partial charge on any atom is 0.127 e. The highest BCUT2D eigenvalue weighted by Gasteiger charge is 2.09. The number of ether oxygens (including phenoxy) is 1. The maximum absolute atomic E-state index is 9.90. The van der Waals surface area contributed by atoms with Crippen LogP contribution in [0.25, 0.3) is 10.8 Å². The second-order valence-electron chi connectivity index (χ2n) is 5.12. The fourth-order valence-electron chi connectivity index (χ4n) is 1.98. The third-order valence-corrected chi connectivity index (χ3v) is 3.96. The van der Waals surface area contributed by atoms with Crippen molar-refractivity contribution in [1.82, 2.24) is 5.32 Å². The second kappa shape index (κ2) is 7.24. The Bertz CT molecular complexity index is 571. The van der Waals surface area contributed by atoms with Crippen LogP contribution in [0.4, 0.5) is 0 Å². The average molecular weight is 385 g/mol. The molecule has 0 amide bonds. The van der Waals surface area contributed by atoms with Gasteiger partial charge in [0.1, 0.15) is 18.5 Å². The van der Waals surface area contributed by atoms with E-state index >= 15 is 0 Å². The lowest BCUT2D eigenvalue weighted by atomic mass is 10.1. The lowest BCUT2D eigenvalue weighted by Crippen LogP contribution is -2.35. The average Bonchev–Trinajstić information content (AvgIpc) is 2.45. The molecule has 0 unspecified atom stereocenters. The van der Waals surface area contributed by atoms with E-state index in [0.717, 1.165) is 11.1 Å². The van der Waals surface area contributed by atoms with Gasteiger partial charge in [-0.15, -0.1) is 0 Å². The fraction of sp³-hybridized carbons (Fsp3) is 0.375. The molecule has 0 aliphatic heterocycles. The molecule has 4 heteroatoms. The molecule has 108 valence electrons. The first kappa shape index (κ1) is 15.5. The number of aliphatic hydroxyl groups is 1. The Hall–Kier alpha value is -0.850. The van der Waals surface area contributed by atoms with E-state index in [0.29, 0.717) is 19.2 Å². The minimum absolute atomic E-state index is 0.296. The van der Waals surface area contributed by atoms with Crippen molar-refractivity contribution in [2.24, 2.45) is 0 Å². The van der Waals surface area contributed by atoms with Gasteiger partial charge in [-0.1, -0.05) is 38.1 Å². The van der Waals surface area contributed by atoms with Gasteiger partial charge in [0, 0.05) is 21.5 Å². The number of hydrogen-bond donors (Lipinski definition) is 2. The van der Waals surface area contributed by atoms with Crippen molar-refractivity contribution < 1.29 is 9.84 Å². The highest BCUT2D eigenvalue weighted by molar-refractivity contribution is 14.1. The monoisotopic (exact) mass is 385 g/mol. The molecule has 0 saturated heterocycles. The molecule has 0 fully saturated rings. The van der Waals surface area contributed by atoms with Crippen LogP contribution in [0, 0.1) is 3.57 Å². The first-order valence-corrected chi connectivity index (χ1v) is 7.87. The molecule has 2 aromatic carbocycles. The number of rotatable bonds is 6. The summed E-state index contributed by atoms with van der Waals surface area (Å²) < 4.78 is 6.98. The number of hydrogen-bond acceptors (Lipinski definition) is 3. The normalized spacial score (nSPS) is 12.8. The van der Waals surface area contributed by atoms with Crippen LogP contribution in [-0.4, -0.2) is 30.4 Å². The van der Waals surface area contributed by atoms with Crippen molar-refractivity contribution in [3.8, 4) is 5.75 Å². The zero-order valence-electron chi connectivity index (χ0n) is 11.8. The SMILES string of the molecule is CC(C)NC[C@H](O)COc1ccc(I)c2ccccc12. The van der Waals surface area contributed by atoms with Crippen LogP contribution in [0.3, 0.4) is 0 Å². The summed E-state index contributed by atoms with van der Waals surface area (Å²) >= 11 is 2.32. The van der Waals surface area contributed by atoms with Crippen molar-refractivity contribution in [3.63, 3.8) is 0 Å². The Labute approximate surface area is 133 Å². The minimum atomic E-state index is -0.504. The molecule has 0 saturated carbocycles.